The Hall–Kier alpha value is -2.88. The summed E-state index contributed by atoms with van der Waals surface area (Å²) in [5.74, 6) is -2.84. The van der Waals surface area contributed by atoms with Crippen molar-refractivity contribution in [1.29, 1.82) is 0 Å². The molecule has 0 spiro atoms. The lowest BCUT2D eigenvalue weighted by molar-refractivity contribution is -0.175. The van der Waals surface area contributed by atoms with Gasteiger partial charge in [-0.15, -0.1) is 0 Å². The minimum Gasteiger partial charge on any atom is -0.459 e. The van der Waals surface area contributed by atoms with Crippen LogP contribution in [0.1, 0.15) is 58.6 Å². The van der Waals surface area contributed by atoms with Crippen LogP contribution in [-0.4, -0.2) is 23.1 Å². The number of esters is 2. The predicted octanol–water partition coefficient (Wildman–Crippen LogP) is 5.78. The number of hydrogen-bond donors (Lipinski definition) is 0. The van der Waals surface area contributed by atoms with Crippen LogP contribution in [0.25, 0.3) is 6.08 Å². The van der Waals surface area contributed by atoms with E-state index in [2.05, 4.69) is 0 Å². The molecule has 0 aliphatic carbocycles. The van der Waals surface area contributed by atoms with E-state index >= 15 is 0 Å². The van der Waals surface area contributed by atoms with E-state index in [4.69, 9.17) is 9.47 Å². The summed E-state index contributed by atoms with van der Waals surface area (Å²) >= 11 is 0. The molecule has 0 unspecified atom stereocenters. The Morgan fingerprint density at radius 3 is 1.60 bits per heavy atom. The van der Waals surface area contributed by atoms with Gasteiger partial charge in [0.15, 0.2) is 5.92 Å². The fourth-order valence-electron chi connectivity index (χ4n) is 2.99. The van der Waals surface area contributed by atoms with Crippen LogP contribution >= 0.6 is 0 Å². The van der Waals surface area contributed by atoms with E-state index in [-0.39, 0.29) is 0 Å². The van der Waals surface area contributed by atoms with Crippen LogP contribution < -0.4 is 0 Å². The highest BCUT2D eigenvalue weighted by Gasteiger charge is 2.40. The molecular weight excluding hydrogens is 376 g/mol. The maximum Gasteiger partial charge on any atom is 0.321 e. The smallest absolute Gasteiger partial charge is 0.321 e. The molecule has 0 radical (unpaired) electrons. The second kappa shape index (κ2) is 9.75. The molecule has 4 nitrogen and oxygen atoms in total. The largest absolute Gasteiger partial charge is 0.459 e. The molecule has 1 atom stereocenters. The number of hydrogen-bond acceptors (Lipinski definition) is 4. The van der Waals surface area contributed by atoms with Crippen molar-refractivity contribution in [3.8, 4) is 0 Å². The molecule has 0 saturated heterocycles. The van der Waals surface area contributed by atoms with Crippen LogP contribution in [0.2, 0.25) is 0 Å². The zero-order valence-corrected chi connectivity index (χ0v) is 18.7. The molecule has 2 aromatic rings. The highest BCUT2D eigenvalue weighted by molar-refractivity contribution is 5.97. The highest BCUT2D eigenvalue weighted by Crippen LogP contribution is 2.32. The number of carbonyl (C=O) groups excluding carboxylic acids is 2. The number of benzene rings is 2. The van der Waals surface area contributed by atoms with Gasteiger partial charge in [0.1, 0.15) is 11.2 Å². The van der Waals surface area contributed by atoms with E-state index in [9.17, 15) is 9.59 Å². The normalized spacial score (nSPS) is 13.3. The third-order valence-electron chi connectivity index (χ3n) is 4.16. The van der Waals surface area contributed by atoms with Gasteiger partial charge in [-0.25, -0.2) is 0 Å². The third-order valence-corrected chi connectivity index (χ3v) is 4.16. The Labute approximate surface area is 179 Å². The molecule has 0 heterocycles. The summed E-state index contributed by atoms with van der Waals surface area (Å²) in [5.41, 5.74) is 0.376. The summed E-state index contributed by atoms with van der Waals surface area (Å²) in [7, 11) is 0. The molecule has 0 aliphatic rings. The molecule has 30 heavy (non-hydrogen) atoms. The lowest BCUT2D eigenvalue weighted by atomic mass is 9.84. The quantitative estimate of drug-likeness (QED) is 0.449. The van der Waals surface area contributed by atoms with E-state index in [1.807, 2.05) is 72.8 Å². The number of carbonyl (C=O) groups is 2. The first kappa shape index (κ1) is 23.4. The van der Waals surface area contributed by atoms with Gasteiger partial charge in [-0.1, -0.05) is 72.8 Å². The first-order valence-electron chi connectivity index (χ1n) is 10.2. The second-order valence-corrected chi connectivity index (χ2v) is 9.25. The van der Waals surface area contributed by atoms with E-state index in [0.29, 0.717) is 0 Å². The van der Waals surface area contributed by atoms with Crippen molar-refractivity contribution >= 4 is 18.0 Å². The molecule has 2 rings (SSSR count). The van der Waals surface area contributed by atoms with Crippen molar-refractivity contribution in [3.05, 3.63) is 77.9 Å². The highest BCUT2D eigenvalue weighted by atomic mass is 16.6. The minimum atomic E-state index is -1.12. The van der Waals surface area contributed by atoms with Gasteiger partial charge in [-0.2, -0.15) is 0 Å². The lowest BCUT2D eigenvalue weighted by Gasteiger charge is -2.29. The van der Waals surface area contributed by atoms with Crippen molar-refractivity contribution in [2.75, 3.05) is 0 Å². The minimum absolute atomic E-state index is 0.531. The van der Waals surface area contributed by atoms with Crippen molar-refractivity contribution in [2.45, 2.75) is 58.7 Å². The van der Waals surface area contributed by atoms with Gasteiger partial charge in [0, 0.05) is 5.92 Å². The van der Waals surface area contributed by atoms with E-state index in [1.165, 1.54) is 0 Å². The van der Waals surface area contributed by atoms with Gasteiger partial charge < -0.3 is 9.47 Å². The fraction of sp³-hybridized carbons (Fsp3) is 0.385. The number of ether oxygens (including phenoxy) is 2. The van der Waals surface area contributed by atoms with E-state index < -0.39 is 35.0 Å². The summed E-state index contributed by atoms with van der Waals surface area (Å²) in [6, 6.07) is 19.2. The van der Waals surface area contributed by atoms with Gasteiger partial charge in [-0.3, -0.25) is 9.59 Å². The number of allylic oxidation sites excluding steroid dienone is 1. The first-order valence-corrected chi connectivity index (χ1v) is 10.2. The average Bonchev–Trinajstić information content (AvgIpc) is 2.63. The van der Waals surface area contributed by atoms with Crippen molar-refractivity contribution in [1.82, 2.24) is 0 Å². The lowest BCUT2D eigenvalue weighted by Crippen LogP contribution is -2.39. The van der Waals surface area contributed by atoms with Gasteiger partial charge in [0.05, 0.1) is 0 Å². The summed E-state index contributed by atoms with van der Waals surface area (Å²) in [6.45, 7) is 10.7. The maximum absolute atomic E-state index is 13.2. The monoisotopic (exact) mass is 408 g/mol. The van der Waals surface area contributed by atoms with E-state index in [1.54, 1.807) is 41.5 Å². The topological polar surface area (TPSA) is 52.6 Å². The van der Waals surface area contributed by atoms with Crippen LogP contribution in [0.5, 0.6) is 0 Å². The average molecular weight is 409 g/mol. The summed E-state index contributed by atoms with van der Waals surface area (Å²) in [4.78, 5) is 26.3. The second-order valence-electron chi connectivity index (χ2n) is 9.25. The Balaban J connectivity index is 2.51. The van der Waals surface area contributed by atoms with Gasteiger partial charge in [0.2, 0.25) is 0 Å². The molecule has 0 fully saturated rings. The molecule has 2 aromatic carbocycles. The zero-order valence-electron chi connectivity index (χ0n) is 18.7. The maximum atomic E-state index is 13.2. The van der Waals surface area contributed by atoms with Crippen LogP contribution in [-0.2, 0) is 19.1 Å². The molecule has 0 amide bonds. The molecule has 0 aliphatic heterocycles. The molecular formula is C26H32O4. The summed E-state index contributed by atoms with van der Waals surface area (Å²) in [6.07, 6.45) is 3.79. The van der Waals surface area contributed by atoms with Crippen LogP contribution in [0.15, 0.2) is 66.7 Å². The first-order chi connectivity index (χ1) is 14.0. The molecule has 160 valence electrons. The Morgan fingerprint density at radius 2 is 1.17 bits per heavy atom. The molecule has 0 N–H and O–H groups in total. The fourth-order valence-corrected chi connectivity index (χ4v) is 2.99. The van der Waals surface area contributed by atoms with Crippen molar-refractivity contribution < 1.29 is 19.1 Å². The Morgan fingerprint density at radius 1 is 0.733 bits per heavy atom. The third kappa shape index (κ3) is 7.51. The molecule has 0 aromatic heterocycles. The zero-order chi connectivity index (χ0) is 22.4. The SMILES string of the molecule is CC(C)(C)OC(=O)C(C(=O)OC(C)(C)C)[C@@H](/C=C/c1ccccc1)c1ccccc1. The van der Waals surface area contributed by atoms with Crippen molar-refractivity contribution in [3.63, 3.8) is 0 Å². The Bertz CT molecular complexity index is 827. The predicted molar refractivity (Wildman–Crippen MR) is 120 cm³/mol. The number of rotatable bonds is 6. The van der Waals surface area contributed by atoms with Crippen LogP contribution in [0.3, 0.4) is 0 Å². The van der Waals surface area contributed by atoms with Gasteiger partial charge in [-0.05, 0) is 52.7 Å². The van der Waals surface area contributed by atoms with Crippen molar-refractivity contribution in [2.24, 2.45) is 5.92 Å². The molecule has 0 bridgehead atoms. The van der Waals surface area contributed by atoms with Gasteiger partial charge in [0.25, 0.3) is 0 Å². The van der Waals surface area contributed by atoms with Crippen LogP contribution in [0, 0.1) is 5.92 Å². The molecule has 4 heteroatoms. The van der Waals surface area contributed by atoms with Gasteiger partial charge >= 0.3 is 11.9 Å². The summed E-state index contributed by atoms with van der Waals surface area (Å²) < 4.78 is 11.2. The molecule has 0 saturated carbocycles. The summed E-state index contributed by atoms with van der Waals surface area (Å²) in [5, 5.41) is 0. The van der Waals surface area contributed by atoms with E-state index in [0.717, 1.165) is 11.1 Å². The standard InChI is InChI=1S/C26H32O4/c1-25(2,3)29-23(27)22(24(28)30-26(4,5)6)21(20-15-11-8-12-16-20)18-17-19-13-9-7-10-14-19/h7-18,21-22H,1-6H3/b18-17+/t21-/m0/s1. The Kier molecular flexibility index (Phi) is 7.60. The van der Waals surface area contributed by atoms with Crippen LogP contribution in [0.4, 0.5) is 0 Å².